The molecule has 0 aliphatic carbocycles. The molecule has 0 saturated heterocycles. The molecule has 0 bridgehead atoms. The highest BCUT2D eigenvalue weighted by Gasteiger charge is 2.10. The van der Waals surface area contributed by atoms with E-state index in [1.54, 1.807) is 0 Å². The summed E-state index contributed by atoms with van der Waals surface area (Å²) in [7, 11) is 0. The molecule has 0 saturated carbocycles. The van der Waals surface area contributed by atoms with Gasteiger partial charge in [-0.3, -0.25) is 0 Å². The minimum atomic E-state index is 0.849. The second kappa shape index (κ2) is 6.98. The fourth-order valence-electron chi connectivity index (χ4n) is 2.47. The van der Waals surface area contributed by atoms with E-state index in [1.165, 1.54) is 16.7 Å². The van der Waals surface area contributed by atoms with Gasteiger partial charge in [0.05, 0.1) is 0 Å². The van der Waals surface area contributed by atoms with Crippen LogP contribution in [-0.2, 0) is 6.42 Å². The Balaban J connectivity index is 3.13. The molecule has 0 aromatic heterocycles. The number of hydrogen-bond acceptors (Lipinski definition) is 1. The van der Waals surface area contributed by atoms with Crippen molar-refractivity contribution in [2.24, 2.45) is 0 Å². The summed E-state index contributed by atoms with van der Waals surface area (Å²) in [5.41, 5.74) is 13.1. The lowest BCUT2D eigenvalue weighted by Gasteiger charge is -2.15. The first-order chi connectivity index (χ1) is 9.08. The van der Waals surface area contributed by atoms with Gasteiger partial charge in [0.1, 0.15) is 0 Å². The van der Waals surface area contributed by atoms with Gasteiger partial charge in [0.2, 0.25) is 0 Å². The van der Waals surface area contributed by atoms with Gasteiger partial charge in [-0.1, -0.05) is 49.9 Å². The molecule has 0 fully saturated rings. The molecule has 0 atom stereocenters. The van der Waals surface area contributed by atoms with Crippen LogP contribution in [0, 0.1) is 6.92 Å². The molecule has 0 spiro atoms. The Hall–Kier alpha value is -1.76. The van der Waals surface area contributed by atoms with Gasteiger partial charge in [-0.15, -0.1) is 0 Å². The molecule has 0 aliphatic rings. The van der Waals surface area contributed by atoms with Crippen molar-refractivity contribution in [2.45, 2.75) is 40.0 Å². The molecule has 1 nitrogen and oxygen atoms in total. The van der Waals surface area contributed by atoms with Crippen molar-refractivity contribution in [3.8, 4) is 0 Å². The third-order valence-electron chi connectivity index (χ3n) is 3.73. The Morgan fingerprint density at radius 1 is 1.26 bits per heavy atom. The number of aryl methyl sites for hydroxylation is 2. The molecule has 0 heterocycles. The smallest absolute Gasteiger partial charge is 0.0426 e. The molecule has 1 aromatic rings. The van der Waals surface area contributed by atoms with Gasteiger partial charge in [-0.2, -0.15) is 0 Å². The van der Waals surface area contributed by atoms with E-state index in [1.807, 2.05) is 12.2 Å². The third kappa shape index (κ3) is 3.37. The van der Waals surface area contributed by atoms with Crippen molar-refractivity contribution in [3.05, 3.63) is 53.1 Å². The summed E-state index contributed by atoms with van der Waals surface area (Å²) in [6, 6.07) is 2.18. The molecule has 0 amide bonds. The number of nitrogen functional groups attached to an aromatic ring is 1. The van der Waals surface area contributed by atoms with Crippen LogP contribution in [0.25, 0.3) is 12.2 Å². The molecule has 1 heteroatoms. The highest BCUT2D eigenvalue weighted by atomic mass is 14.6. The molecule has 1 rings (SSSR count). The highest BCUT2D eigenvalue weighted by molar-refractivity contribution is 5.77. The third-order valence-corrected chi connectivity index (χ3v) is 3.73. The number of allylic oxidation sites excluding steroid dienone is 2. The summed E-state index contributed by atoms with van der Waals surface area (Å²) in [5, 5.41) is 0. The van der Waals surface area contributed by atoms with Gasteiger partial charge in [0, 0.05) is 11.3 Å². The Kier molecular flexibility index (Phi) is 5.62. The predicted octanol–water partition coefficient (Wildman–Crippen LogP) is 5.15. The van der Waals surface area contributed by atoms with E-state index in [0.717, 1.165) is 36.1 Å². The lowest BCUT2D eigenvalue weighted by atomic mass is 9.92. The van der Waals surface area contributed by atoms with E-state index >= 15 is 0 Å². The van der Waals surface area contributed by atoms with E-state index in [0.29, 0.717) is 0 Å². The van der Waals surface area contributed by atoms with Crippen LogP contribution in [0.3, 0.4) is 0 Å². The van der Waals surface area contributed by atoms with E-state index < -0.39 is 0 Å². The minimum absolute atomic E-state index is 0.849. The summed E-state index contributed by atoms with van der Waals surface area (Å²) >= 11 is 0. The second-order valence-corrected chi connectivity index (χ2v) is 4.80. The lowest BCUT2D eigenvalue weighted by molar-refractivity contribution is 0.882. The fraction of sp³-hybridized carbons (Fsp3) is 0.333. The largest absolute Gasteiger partial charge is 0.398 e. The highest BCUT2D eigenvalue weighted by Crippen LogP contribution is 2.29. The van der Waals surface area contributed by atoms with Crippen LogP contribution in [0.1, 0.15) is 48.9 Å². The monoisotopic (exact) mass is 255 g/mol. The molecule has 2 N–H and O–H groups in total. The second-order valence-electron chi connectivity index (χ2n) is 4.80. The fourth-order valence-corrected chi connectivity index (χ4v) is 2.47. The minimum Gasteiger partial charge on any atom is -0.398 e. The van der Waals surface area contributed by atoms with E-state index in [-0.39, 0.29) is 0 Å². The summed E-state index contributed by atoms with van der Waals surface area (Å²) in [6.45, 7) is 14.1. The van der Waals surface area contributed by atoms with Gasteiger partial charge in [0.25, 0.3) is 0 Å². The van der Waals surface area contributed by atoms with E-state index in [2.05, 4.69) is 46.1 Å². The van der Waals surface area contributed by atoms with Crippen LogP contribution in [0.4, 0.5) is 5.69 Å². The quantitative estimate of drug-likeness (QED) is 0.552. The number of hydrogen-bond donors (Lipinski definition) is 1. The number of anilines is 1. The summed E-state index contributed by atoms with van der Waals surface area (Å²) in [5.74, 6) is 0. The van der Waals surface area contributed by atoms with Crippen LogP contribution in [-0.4, -0.2) is 0 Å². The summed E-state index contributed by atoms with van der Waals surface area (Å²) < 4.78 is 0. The van der Waals surface area contributed by atoms with Gasteiger partial charge < -0.3 is 5.73 Å². The zero-order chi connectivity index (χ0) is 14.4. The molecular weight excluding hydrogens is 230 g/mol. The number of rotatable bonds is 6. The van der Waals surface area contributed by atoms with Crippen LogP contribution in [0.5, 0.6) is 0 Å². The molecule has 0 unspecified atom stereocenters. The van der Waals surface area contributed by atoms with E-state index in [9.17, 15) is 0 Å². The average Bonchev–Trinajstić information content (AvgIpc) is 2.42. The number of benzene rings is 1. The standard InChI is InChI=1S/C18H25N/c1-6-14(7-2)10-11-15-12-13(5)16(8-3)17(9-4)18(15)19/h6,8-9,12H,3-4,7,10-11,19H2,1-2,5H3/b14-6+. The van der Waals surface area contributed by atoms with Crippen LogP contribution >= 0.6 is 0 Å². The van der Waals surface area contributed by atoms with Gasteiger partial charge >= 0.3 is 0 Å². The van der Waals surface area contributed by atoms with Gasteiger partial charge in [-0.05, 0) is 49.8 Å². The van der Waals surface area contributed by atoms with Gasteiger partial charge in [-0.25, -0.2) is 0 Å². The van der Waals surface area contributed by atoms with Gasteiger partial charge in [0.15, 0.2) is 0 Å². The van der Waals surface area contributed by atoms with E-state index in [4.69, 9.17) is 5.73 Å². The molecule has 102 valence electrons. The molecule has 0 aliphatic heterocycles. The van der Waals surface area contributed by atoms with Crippen molar-refractivity contribution >= 4 is 17.8 Å². The molecular formula is C18H25N. The number of nitrogens with two attached hydrogens (primary N) is 1. The van der Waals surface area contributed by atoms with Crippen molar-refractivity contribution in [2.75, 3.05) is 5.73 Å². The molecule has 1 aromatic carbocycles. The topological polar surface area (TPSA) is 26.0 Å². The van der Waals surface area contributed by atoms with Crippen molar-refractivity contribution in [3.63, 3.8) is 0 Å². The first kappa shape index (κ1) is 15.3. The van der Waals surface area contributed by atoms with Crippen molar-refractivity contribution in [1.29, 1.82) is 0 Å². The zero-order valence-electron chi connectivity index (χ0n) is 12.4. The lowest BCUT2D eigenvalue weighted by Crippen LogP contribution is -2.02. The van der Waals surface area contributed by atoms with Crippen LogP contribution < -0.4 is 5.73 Å². The Labute approximate surface area is 117 Å². The molecule has 0 radical (unpaired) electrons. The maximum atomic E-state index is 6.27. The average molecular weight is 255 g/mol. The summed E-state index contributed by atoms with van der Waals surface area (Å²) in [4.78, 5) is 0. The molecule has 19 heavy (non-hydrogen) atoms. The Bertz CT molecular complexity index is 507. The SMILES string of the molecule is C=Cc1c(C)cc(CC/C(=C/C)CC)c(N)c1C=C. The predicted molar refractivity (Wildman–Crippen MR) is 88.1 cm³/mol. The maximum Gasteiger partial charge on any atom is 0.0426 e. The normalized spacial score (nSPS) is 11.4. The van der Waals surface area contributed by atoms with Crippen LogP contribution in [0.15, 0.2) is 30.9 Å². The first-order valence-electron chi connectivity index (χ1n) is 6.89. The maximum absolute atomic E-state index is 6.27. The van der Waals surface area contributed by atoms with Crippen molar-refractivity contribution in [1.82, 2.24) is 0 Å². The van der Waals surface area contributed by atoms with Crippen LogP contribution in [0.2, 0.25) is 0 Å². The van der Waals surface area contributed by atoms with Crippen molar-refractivity contribution < 1.29 is 0 Å². The Morgan fingerprint density at radius 3 is 2.37 bits per heavy atom. The summed E-state index contributed by atoms with van der Waals surface area (Å²) in [6.07, 6.45) is 9.05. The first-order valence-corrected chi connectivity index (χ1v) is 6.89. The zero-order valence-corrected chi connectivity index (χ0v) is 12.4. The Morgan fingerprint density at radius 2 is 1.89 bits per heavy atom.